The summed E-state index contributed by atoms with van der Waals surface area (Å²) >= 11 is 0. The predicted octanol–water partition coefficient (Wildman–Crippen LogP) is 13.3. The molecule has 0 aromatic rings. The number of hydrogen-bond donors (Lipinski definition) is 0. The number of likely N-dealkylation sites (N-methyl/N-ethyl adjacent to an activating group) is 1. The van der Waals surface area contributed by atoms with E-state index in [0.717, 1.165) is 89.9 Å². The Morgan fingerprint density at radius 1 is 0.552 bits per heavy atom. The van der Waals surface area contributed by atoms with Gasteiger partial charge in [0.05, 0.1) is 34.4 Å². The highest BCUT2D eigenvalue weighted by Gasteiger charge is 2.20. The number of phosphoric ester groups is 1. The second-order valence-electron chi connectivity index (χ2n) is 16.4. The first-order chi connectivity index (χ1) is 28.1. The molecular formula is C49H88NO7P. The van der Waals surface area contributed by atoms with Crippen LogP contribution < -0.4 is 4.89 Å². The molecule has 0 aliphatic heterocycles. The minimum atomic E-state index is -4.54. The molecule has 0 radical (unpaired) electrons. The number of quaternary nitrogens is 1. The van der Waals surface area contributed by atoms with Crippen molar-refractivity contribution in [1.82, 2.24) is 0 Å². The average molecular weight is 834 g/mol. The molecule has 2 unspecified atom stereocenters. The van der Waals surface area contributed by atoms with Crippen molar-refractivity contribution >= 4 is 13.8 Å². The number of ether oxygens (including phenoxy) is 2. The fourth-order valence-electron chi connectivity index (χ4n) is 5.92. The molecule has 336 valence electrons. The maximum Gasteiger partial charge on any atom is 0.306 e. The minimum Gasteiger partial charge on any atom is -0.756 e. The van der Waals surface area contributed by atoms with Gasteiger partial charge in [0.25, 0.3) is 7.82 Å². The molecule has 0 saturated heterocycles. The van der Waals surface area contributed by atoms with Gasteiger partial charge in [-0.2, -0.15) is 0 Å². The van der Waals surface area contributed by atoms with E-state index in [9.17, 15) is 14.3 Å². The van der Waals surface area contributed by atoms with Crippen molar-refractivity contribution in [3.05, 3.63) is 72.9 Å². The molecule has 2 atom stereocenters. The second-order valence-corrected chi connectivity index (χ2v) is 17.8. The number of allylic oxidation sites excluding steroid dienone is 12. The molecule has 8 nitrogen and oxygen atoms in total. The Morgan fingerprint density at radius 2 is 1.00 bits per heavy atom. The molecule has 0 amide bonds. The van der Waals surface area contributed by atoms with Gasteiger partial charge < -0.3 is 27.9 Å². The summed E-state index contributed by atoms with van der Waals surface area (Å²) in [6.07, 6.45) is 53.4. The van der Waals surface area contributed by atoms with Gasteiger partial charge in [0.2, 0.25) is 0 Å². The zero-order valence-corrected chi connectivity index (χ0v) is 38.9. The van der Waals surface area contributed by atoms with E-state index in [-0.39, 0.29) is 25.8 Å². The first-order valence-corrected chi connectivity index (χ1v) is 24.6. The first kappa shape index (κ1) is 55.9. The molecule has 0 aliphatic rings. The van der Waals surface area contributed by atoms with E-state index in [4.69, 9.17) is 18.5 Å². The summed E-state index contributed by atoms with van der Waals surface area (Å²) in [6.45, 7) is 5.23. The maximum atomic E-state index is 12.7. The van der Waals surface area contributed by atoms with E-state index >= 15 is 0 Å². The summed E-state index contributed by atoms with van der Waals surface area (Å²) < 4.78 is 34.6. The van der Waals surface area contributed by atoms with E-state index in [0.29, 0.717) is 24.1 Å². The highest BCUT2D eigenvalue weighted by atomic mass is 31.2. The van der Waals surface area contributed by atoms with Gasteiger partial charge in [-0.15, -0.1) is 0 Å². The third-order valence-corrected chi connectivity index (χ3v) is 10.5. The number of carbonyl (C=O) groups is 1. The van der Waals surface area contributed by atoms with Crippen molar-refractivity contribution in [2.75, 3.05) is 54.1 Å². The number of carbonyl (C=O) groups excluding carboxylic acids is 1. The van der Waals surface area contributed by atoms with Gasteiger partial charge in [-0.25, -0.2) is 0 Å². The number of rotatable bonds is 42. The van der Waals surface area contributed by atoms with Gasteiger partial charge in [-0.1, -0.05) is 157 Å². The SMILES string of the molecule is CC/C=C\C/C=C\C/C=C\C/C=C\CCCCCCCCC(=O)OC(COCCCCCCCC/C=C\C/C=C\CCCCCC)COP(=O)([O-])OCC[N+](C)(C)C. The molecule has 0 aliphatic carbocycles. The summed E-state index contributed by atoms with van der Waals surface area (Å²) in [5, 5.41) is 0. The normalized spacial score (nSPS) is 14.4. The second kappa shape index (κ2) is 41.7. The van der Waals surface area contributed by atoms with Gasteiger partial charge in [0.1, 0.15) is 19.3 Å². The zero-order valence-electron chi connectivity index (χ0n) is 38.0. The largest absolute Gasteiger partial charge is 0.756 e. The predicted molar refractivity (Wildman–Crippen MR) is 245 cm³/mol. The van der Waals surface area contributed by atoms with Crippen molar-refractivity contribution in [2.45, 2.75) is 180 Å². The highest BCUT2D eigenvalue weighted by molar-refractivity contribution is 7.45. The van der Waals surface area contributed by atoms with E-state index in [1.807, 2.05) is 21.1 Å². The van der Waals surface area contributed by atoms with Crippen LogP contribution in [-0.2, 0) is 27.9 Å². The van der Waals surface area contributed by atoms with E-state index in [1.54, 1.807) is 0 Å². The van der Waals surface area contributed by atoms with E-state index in [2.05, 4.69) is 86.8 Å². The Kier molecular flexibility index (Phi) is 40.2. The summed E-state index contributed by atoms with van der Waals surface area (Å²) in [5.74, 6) is -0.354. The lowest BCUT2D eigenvalue weighted by molar-refractivity contribution is -0.870. The molecule has 0 heterocycles. The van der Waals surface area contributed by atoms with Gasteiger partial charge in [-0.05, 0) is 83.5 Å². The molecule has 0 rings (SSSR count). The van der Waals surface area contributed by atoms with Crippen LogP contribution in [0.2, 0.25) is 0 Å². The molecule has 58 heavy (non-hydrogen) atoms. The Bertz CT molecular complexity index is 1150. The van der Waals surface area contributed by atoms with Crippen LogP contribution in [0.3, 0.4) is 0 Å². The van der Waals surface area contributed by atoms with Crippen molar-refractivity contribution in [2.24, 2.45) is 0 Å². The standard InChI is InChI=1S/C49H88NO7P/c1-6-8-10-12-14-16-18-20-22-24-25-26-28-30-32-34-36-38-40-42-49(51)57-48(47-56-58(52,53)55-45-43-50(3,4)5)46-54-44-41-39-37-35-33-31-29-27-23-21-19-17-15-13-11-9-7-2/h8,10,14,16-17,19-20,22-23,25-27,48H,6-7,9,11-13,15,18,21,24,28-47H2,1-5H3/b10-8-,16-14-,19-17-,22-20-,26-25-,27-23-. The Hall–Kier alpha value is -2.06. The quantitative estimate of drug-likeness (QED) is 0.0199. The minimum absolute atomic E-state index is 0.0171. The lowest BCUT2D eigenvalue weighted by Crippen LogP contribution is -2.37. The molecule has 0 N–H and O–H groups in total. The van der Waals surface area contributed by atoms with Gasteiger partial charge in [0.15, 0.2) is 0 Å². The van der Waals surface area contributed by atoms with Crippen molar-refractivity contribution in [3.63, 3.8) is 0 Å². The monoisotopic (exact) mass is 834 g/mol. The number of nitrogens with zero attached hydrogens (tertiary/aromatic N) is 1. The smallest absolute Gasteiger partial charge is 0.306 e. The molecule has 0 bridgehead atoms. The van der Waals surface area contributed by atoms with Gasteiger partial charge in [0, 0.05) is 13.0 Å². The lowest BCUT2D eigenvalue weighted by atomic mass is 10.1. The van der Waals surface area contributed by atoms with Gasteiger partial charge in [-0.3, -0.25) is 9.36 Å². The van der Waals surface area contributed by atoms with Crippen LogP contribution in [0.4, 0.5) is 0 Å². The maximum absolute atomic E-state index is 12.7. The van der Waals surface area contributed by atoms with Crippen LogP contribution in [0.5, 0.6) is 0 Å². The molecule has 9 heteroatoms. The summed E-state index contributed by atoms with van der Waals surface area (Å²) in [5.41, 5.74) is 0. The zero-order chi connectivity index (χ0) is 42.7. The number of phosphoric acid groups is 1. The summed E-state index contributed by atoms with van der Waals surface area (Å²) in [7, 11) is 1.33. The van der Waals surface area contributed by atoms with Crippen LogP contribution in [-0.4, -0.2) is 70.7 Å². The lowest BCUT2D eigenvalue weighted by Gasteiger charge is -2.28. The topological polar surface area (TPSA) is 94.1 Å². The van der Waals surface area contributed by atoms with Crippen molar-refractivity contribution in [1.29, 1.82) is 0 Å². The number of hydrogen-bond acceptors (Lipinski definition) is 7. The number of esters is 1. The summed E-state index contributed by atoms with van der Waals surface area (Å²) in [4.78, 5) is 25.1. The van der Waals surface area contributed by atoms with E-state index in [1.165, 1.54) is 64.2 Å². The Balaban J connectivity index is 4.27. The molecule has 0 saturated carbocycles. The van der Waals surface area contributed by atoms with Crippen LogP contribution in [0, 0.1) is 0 Å². The van der Waals surface area contributed by atoms with Crippen LogP contribution >= 0.6 is 7.82 Å². The fraction of sp³-hybridized carbons (Fsp3) is 0.735. The third-order valence-electron chi connectivity index (χ3n) is 9.49. The number of unbranched alkanes of at least 4 members (excludes halogenated alkanes) is 16. The summed E-state index contributed by atoms with van der Waals surface area (Å²) in [6, 6.07) is 0. The van der Waals surface area contributed by atoms with Crippen molar-refractivity contribution in [3.8, 4) is 0 Å². The first-order valence-electron chi connectivity index (χ1n) is 23.2. The molecular weight excluding hydrogens is 746 g/mol. The molecule has 0 aromatic carbocycles. The van der Waals surface area contributed by atoms with Gasteiger partial charge >= 0.3 is 5.97 Å². The fourth-order valence-corrected chi connectivity index (χ4v) is 6.65. The third kappa shape index (κ3) is 45.0. The Labute approximate surface area is 357 Å². The molecule has 0 spiro atoms. The van der Waals surface area contributed by atoms with Crippen LogP contribution in [0.25, 0.3) is 0 Å². The Morgan fingerprint density at radius 3 is 1.50 bits per heavy atom. The van der Waals surface area contributed by atoms with Crippen LogP contribution in [0.1, 0.15) is 174 Å². The van der Waals surface area contributed by atoms with Crippen molar-refractivity contribution < 1.29 is 37.3 Å². The molecule has 0 fully saturated rings. The average Bonchev–Trinajstić information content (AvgIpc) is 3.18. The van der Waals surface area contributed by atoms with Crippen LogP contribution in [0.15, 0.2) is 72.9 Å². The molecule has 0 aromatic heterocycles. The van der Waals surface area contributed by atoms with E-state index < -0.39 is 13.9 Å². The highest BCUT2D eigenvalue weighted by Crippen LogP contribution is 2.38.